The highest BCUT2D eigenvalue weighted by Crippen LogP contribution is 2.55. The van der Waals surface area contributed by atoms with E-state index < -0.39 is 0 Å². The molecule has 0 aliphatic heterocycles. The summed E-state index contributed by atoms with van der Waals surface area (Å²) in [5.74, 6) is 0.718. The molecule has 1 fully saturated rings. The number of methoxy groups -OCH3 is 1. The van der Waals surface area contributed by atoms with Crippen LogP contribution in [0.1, 0.15) is 27.2 Å². The van der Waals surface area contributed by atoms with Crippen LogP contribution in [0.2, 0.25) is 0 Å². The molecular weight excluding hydrogens is 164 g/mol. The Kier molecular flexibility index (Phi) is 2.51. The molecule has 2 atom stereocenters. The molecule has 1 rings (SSSR count). The van der Waals surface area contributed by atoms with Crippen LogP contribution in [0, 0.1) is 17.3 Å². The predicted octanol–water partition coefficient (Wildman–Crippen LogP) is 2.40. The van der Waals surface area contributed by atoms with Crippen LogP contribution >= 0.6 is 0 Å². The highest BCUT2D eigenvalue weighted by atomic mass is 16.5. The number of ether oxygens (including phenoxy) is 1. The minimum absolute atomic E-state index is 0.131. The fourth-order valence-corrected chi connectivity index (χ4v) is 2.04. The molecule has 13 heavy (non-hydrogen) atoms. The summed E-state index contributed by atoms with van der Waals surface area (Å²) in [6, 6.07) is 0. The first-order chi connectivity index (χ1) is 5.91. The monoisotopic (exact) mass is 182 g/mol. The molecule has 0 aromatic heterocycles. The van der Waals surface area contributed by atoms with Gasteiger partial charge < -0.3 is 4.74 Å². The Morgan fingerprint density at radius 2 is 2.15 bits per heavy atom. The summed E-state index contributed by atoms with van der Waals surface area (Å²) in [5.41, 5.74) is 1.38. The maximum absolute atomic E-state index is 11.1. The number of hydrogen-bond acceptors (Lipinski definition) is 2. The van der Waals surface area contributed by atoms with Crippen molar-refractivity contribution in [3.05, 3.63) is 12.2 Å². The third-order valence-electron chi connectivity index (χ3n) is 3.63. The maximum Gasteiger partial charge on any atom is 0.306 e. The van der Waals surface area contributed by atoms with Gasteiger partial charge >= 0.3 is 5.97 Å². The van der Waals surface area contributed by atoms with Gasteiger partial charge in [0, 0.05) is 0 Å². The van der Waals surface area contributed by atoms with Gasteiger partial charge in [-0.25, -0.2) is 0 Å². The van der Waals surface area contributed by atoms with Crippen molar-refractivity contribution >= 4 is 5.97 Å². The first-order valence-corrected chi connectivity index (χ1v) is 4.67. The first kappa shape index (κ1) is 10.3. The molecule has 1 aliphatic carbocycles. The lowest BCUT2D eigenvalue weighted by molar-refractivity contribution is -0.143. The second-order valence-electron chi connectivity index (χ2n) is 4.42. The van der Waals surface area contributed by atoms with Gasteiger partial charge in [0.1, 0.15) is 0 Å². The van der Waals surface area contributed by atoms with E-state index in [0.29, 0.717) is 18.3 Å². The molecule has 2 heteroatoms. The number of carbonyl (C=O) groups excluding carboxylic acids is 1. The molecule has 2 nitrogen and oxygen atoms in total. The standard InChI is InChI=1S/C11H18O2/c1-7-9(6-10(12)13-5)8(2)11(7,3)4/h8-9H,1,6H2,2-5H3. The lowest BCUT2D eigenvalue weighted by Crippen LogP contribution is -2.45. The van der Waals surface area contributed by atoms with Crippen LogP contribution in [-0.4, -0.2) is 13.1 Å². The number of rotatable bonds is 2. The van der Waals surface area contributed by atoms with Crippen LogP contribution in [0.5, 0.6) is 0 Å². The van der Waals surface area contributed by atoms with Gasteiger partial charge in [0.2, 0.25) is 0 Å². The Bertz CT molecular complexity index is 240. The summed E-state index contributed by atoms with van der Waals surface area (Å²) in [6.07, 6.45) is 0.486. The fourth-order valence-electron chi connectivity index (χ4n) is 2.04. The van der Waals surface area contributed by atoms with E-state index in [1.165, 1.54) is 12.7 Å². The molecule has 0 aromatic rings. The number of esters is 1. The molecule has 74 valence electrons. The van der Waals surface area contributed by atoms with Crippen molar-refractivity contribution in [1.29, 1.82) is 0 Å². The summed E-state index contributed by atoms with van der Waals surface area (Å²) in [7, 11) is 1.43. The Balaban J connectivity index is 2.57. The average molecular weight is 182 g/mol. The highest BCUT2D eigenvalue weighted by molar-refractivity contribution is 5.70. The molecule has 0 heterocycles. The topological polar surface area (TPSA) is 26.3 Å². The van der Waals surface area contributed by atoms with Crippen LogP contribution in [0.15, 0.2) is 12.2 Å². The molecule has 0 amide bonds. The van der Waals surface area contributed by atoms with Crippen molar-refractivity contribution in [3.63, 3.8) is 0 Å². The number of hydrogen-bond donors (Lipinski definition) is 0. The molecule has 0 spiro atoms. The molecule has 0 saturated heterocycles. The molecule has 2 unspecified atom stereocenters. The quantitative estimate of drug-likeness (QED) is 0.484. The van der Waals surface area contributed by atoms with Gasteiger partial charge in [-0.05, 0) is 17.3 Å². The average Bonchev–Trinajstić information content (AvgIpc) is 2.12. The van der Waals surface area contributed by atoms with Crippen LogP contribution in [0.4, 0.5) is 0 Å². The summed E-state index contributed by atoms with van der Waals surface area (Å²) < 4.78 is 4.64. The van der Waals surface area contributed by atoms with E-state index in [2.05, 4.69) is 32.1 Å². The zero-order chi connectivity index (χ0) is 10.2. The summed E-state index contributed by atoms with van der Waals surface area (Å²) in [5, 5.41) is 0. The fraction of sp³-hybridized carbons (Fsp3) is 0.727. The zero-order valence-electron chi connectivity index (χ0n) is 8.89. The largest absolute Gasteiger partial charge is 0.469 e. The Hall–Kier alpha value is -0.790. The molecule has 0 radical (unpaired) electrons. The van der Waals surface area contributed by atoms with Gasteiger partial charge in [0.15, 0.2) is 0 Å². The van der Waals surface area contributed by atoms with Gasteiger partial charge in [0.05, 0.1) is 13.5 Å². The lowest BCUT2D eigenvalue weighted by Gasteiger charge is -2.52. The summed E-state index contributed by atoms with van der Waals surface area (Å²) >= 11 is 0. The molecule has 0 N–H and O–H groups in total. The minimum atomic E-state index is -0.131. The summed E-state index contributed by atoms with van der Waals surface area (Å²) in [4.78, 5) is 11.1. The number of carbonyl (C=O) groups is 1. The van der Waals surface area contributed by atoms with Crippen molar-refractivity contribution in [2.24, 2.45) is 17.3 Å². The van der Waals surface area contributed by atoms with Crippen molar-refractivity contribution in [2.45, 2.75) is 27.2 Å². The van der Waals surface area contributed by atoms with Crippen molar-refractivity contribution in [3.8, 4) is 0 Å². The SMILES string of the molecule is C=C1C(CC(=O)OC)C(C)C1(C)C. The van der Waals surface area contributed by atoms with Crippen LogP contribution in [-0.2, 0) is 9.53 Å². The van der Waals surface area contributed by atoms with E-state index in [4.69, 9.17) is 0 Å². The predicted molar refractivity (Wildman–Crippen MR) is 52.2 cm³/mol. The van der Waals surface area contributed by atoms with E-state index in [1.54, 1.807) is 0 Å². The van der Waals surface area contributed by atoms with E-state index >= 15 is 0 Å². The van der Waals surface area contributed by atoms with Gasteiger partial charge in [-0.1, -0.05) is 32.9 Å². The van der Waals surface area contributed by atoms with Crippen molar-refractivity contribution in [1.82, 2.24) is 0 Å². The zero-order valence-corrected chi connectivity index (χ0v) is 8.89. The second kappa shape index (κ2) is 3.17. The van der Waals surface area contributed by atoms with Crippen LogP contribution < -0.4 is 0 Å². The Morgan fingerprint density at radius 3 is 2.54 bits per heavy atom. The first-order valence-electron chi connectivity index (χ1n) is 4.67. The number of allylic oxidation sites excluding steroid dienone is 1. The Labute approximate surface area is 80.0 Å². The van der Waals surface area contributed by atoms with Gasteiger partial charge in [-0.15, -0.1) is 0 Å². The van der Waals surface area contributed by atoms with Crippen LogP contribution in [0.3, 0.4) is 0 Å². The third-order valence-corrected chi connectivity index (χ3v) is 3.63. The molecule has 0 bridgehead atoms. The minimum Gasteiger partial charge on any atom is -0.469 e. The maximum atomic E-state index is 11.1. The van der Waals surface area contributed by atoms with E-state index in [-0.39, 0.29) is 11.4 Å². The third kappa shape index (κ3) is 1.50. The highest BCUT2D eigenvalue weighted by Gasteiger charge is 2.48. The van der Waals surface area contributed by atoms with Gasteiger partial charge in [-0.2, -0.15) is 0 Å². The van der Waals surface area contributed by atoms with E-state index in [9.17, 15) is 4.79 Å². The molecular formula is C11H18O2. The summed E-state index contributed by atoms with van der Waals surface area (Å²) in [6.45, 7) is 10.5. The van der Waals surface area contributed by atoms with Gasteiger partial charge in [0.25, 0.3) is 0 Å². The normalized spacial score (nSPS) is 30.9. The van der Waals surface area contributed by atoms with E-state index in [0.717, 1.165) is 0 Å². The van der Waals surface area contributed by atoms with Crippen molar-refractivity contribution in [2.75, 3.05) is 7.11 Å². The van der Waals surface area contributed by atoms with Gasteiger partial charge in [-0.3, -0.25) is 4.79 Å². The molecule has 1 saturated carbocycles. The Morgan fingerprint density at radius 1 is 1.62 bits per heavy atom. The molecule has 0 aromatic carbocycles. The smallest absolute Gasteiger partial charge is 0.306 e. The van der Waals surface area contributed by atoms with Crippen LogP contribution in [0.25, 0.3) is 0 Å². The second-order valence-corrected chi connectivity index (χ2v) is 4.42. The molecule has 1 aliphatic rings. The van der Waals surface area contributed by atoms with Crippen molar-refractivity contribution < 1.29 is 9.53 Å². The van der Waals surface area contributed by atoms with E-state index in [1.807, 2.05) is 0 Å². The lowest BCUT2D eigenvalue weighted by atomic mass is 9.52.